The molecule has 10 heteroatoms. The van der Waals surface area contributed by atoms with Gasteiger partial charge in [-0.25, -0.2) is 10.3 Å². The molecule has 1 amide bonds. The number of carbonyl (C=O) groups is 2. The number of nitrogens with one attached hydrogen (secondary N) is 1. The Hall–Kier alpha value is -3.27. The summed E-state index contributed by atoms with van der Waals surface area (Å²) in [7, 11) is 0. The third-order valence-electron chi connectivity index (χ3n) is 8.24. The van der Waals surface area contributed by atoms with Crippen molar-refractivity contribution in [3.05, 3.63) is 59.2 Å². The summed E-state index contributed by atoms with van der Waals surface area (Å²) in [6.45, 7) is 8.22. The molecule has 7 nitrogen and oxygen atoms in total. The maximum absolute atomic E-state index is 13.2. The normalized spacial score (nSPS) is 20.3. The van der Waals surface area contributed by atoms with Gasteiger partial charge in [0, 0.05) is 31.6 Å². The lowest BCUT2D eigenvalue weighted by molar-refractivity contribution is -0.196. The summed E-state index contributed by atoms with van der Waals surface area (Å²) in [5.41, 5.74) is 4.73. The second kappa shape index (κ2) is 10.4. The minimum Gasteiger partial charge on any atom is -0.487 e. The van der Waals surface area contributed by atoms with Gasteiger partial charge in [-0.1, -0.05) is 30.3 Å². The maximum atomic E-state index is 13.2. The van der Waals surface area contributed by atoms with E-state index in [2.05, 4.69) is 41.8 Å². The molecule has 2 aromatic carbocycles. The Morgan fingerprint density at radius 3 is 2.33 bits per heavy atom. The molecular weight excluding hydrogens is 511 g/mol. The van der Waals surface area contributed by atoms with Gasteiger partial charge in [-0.3, -0.25) is 9.69 Å². The van der Waals surface area contributed by atoms with Crippen LogP contribution in [0.25, 0.3) is 0 Å². The van der Waals surface area contributed by atoms with Gasteiger partial charge in [-0.2, -0.15) is 13.2 Å². The SMILES string of the molecule is CC1(C)Cc2cccc(CN3CCC4(CC3)CCN(C(=O)c3ccccc3NOC(=O)C(F)(F)F)CC4)c2O1. The Bertz CT molecular complexity index is 1230. The number of alkyl halides is 3. The van der Waals surface area contributed by atoms with E-state index in [-0.39, 0.29) is 28.2 Å². The lowest BCUT2D eigenvalue weighted by atomic mass is 9.71. The van der Waals surface area contributed by atoms with Crippen LogP contribution in [0.15, 0.2) is 42.5 Å². The molecule has 1 spiro atoms. The number of ether oxygens (including phenoxy) is 1. The van der Waals surface area contributed by atoms with Gasteiger partial charge in [0.15, 0.2) is 0 Å². The number of amides is 1. The second-order valence-corrected chi connectivity index (χ2v) is 11.5. The molecule has 0 aliphatic carbocycles. The Morgan fingerprint density at radius 1 is 0.974 bits per heavy atom. The van der Waals surface area contributed by atoms with E-state index in [1.807, 2.05) is 5.48 Å². The van der Waals surface area contributed by atoms with Gasteiger partial charge in [0.25, 0.3) is 5.91 Å². The van der Waals surface area contributed by atoms with Gasteiger partial charge in [0.05, 0.1) is 11.3 Å². The first kappa shape index (κ1) is 27.3. The highest BCUT2D eigenvalue weighted by atomic mass is 19.4. The van der Waals surface area contributed by atoms with Gasteiger partial charge in [-0.15, -0.1) is 0 Å². The first-order valence-corrected chi connectivity index (χ1v) is 13.4. The number of rotatable bonds is 5. The smallest absolute Gasteiger partial charge is 0.487 e. The molecule has 2 saturated heterocycles. The standard InChI is InChI=1S/C29H34F3N3O4/c1-27(2)18-20-6-5-7-21(24(20)38-27)19-34-14-10-28(11-15-34)12-16-35(17-13-28)25(36)22-8-3-4-9-23(22)33-39-26(37)29(30,31)32/h3-9,33H,10-19H2,1-2H3. The second-order valence-electron chi connectivity index (χ2n) is 11.5. The number of benzene rings is 2. The van der Waals surface area contributed by atoms with E-state index in [0.29, 0.717) is 13.1 Å². The monoisotopic (exact) mass is 545 g/mol. The molecule has 39 heavy (non-hydrogen) atoms. The van der Waals surface area contributed by atoms with E-state index in [0.717, 1.165) is 57.5 Å². The minimum atomic E-state index is -5.13. The fourth-order valence-electron chi connectivity index (χ4n) is 6.00. The number of nitrogens with zero attached hydrogens (tertiary/aromatic N) is 2. The number of hydrogen-bond donors (Lipinski definition) is 1. The summed E-state index contributed by atoms with van der Waals surface area (Å²) >= 11 is 0. The van der Waals surface area contributed by atoms with Gasteiger partial charge >= 0.3 is 12.1 Å². The van der Waals surface area contributed by atoms with Crippen molar-refractivity contribution in [3.8, 4) is 5.75 Å². The third kappa shape index (κ3) is 6.00. The van der Waals surface area contributed by atoms with Crippen LogP contribution in [0.5, 0.6) is 5.75 Å². The van der Waals surface area contributed by atoms with E-state index in [9.17, 15) is 22.8 Å². The highest BCUT2D eigenvalue weighted by Gasteiger charge is 2.42. The lowest BCUT2D eigenvalue weighted by Gasteiger charge is -2.47. The molecule has 0 radical (unpaired) electrons. The van der Waals surface area contributed by atoms with Crippen LogP contribution in [-0.2, 0) is 22.6 Å². The van der Waals surface area contributed by atoms with Gasteiger partial charge < -0.3 is 14.5 Å². The third-order valence-corrected chi connectivity index (χ3v) is 8.24. The minimum absolute atomic E-state index is 0.0217. The average Bonchev–Trinajstić information content (AvgIpc) is 3.23. The zero-order chi connectivity index (χ0) is 27.8. The van der Waals surface area contributed by atoms with E-state index in [1.165, 1.54) is 23.3 Å². The molecule has 0 aromatic heterocycles. The van der Waals surface area contributed by atoms with Crippen LogP contribution in [-0.4, -0.2) is 59.6 Å². The van der Waals surface area contributed by atoms with E-state index in [1.54, 1.807) is 17.0 Å². The molecule has 0 unspecified atom stereocenters. The Kier molecular flexibility index (Phi) is 7.26. The predicted octanol–water partition coefficient (Wildman–Crippen LogP) is 5.35. The van der Waals surface area contributed by atoms with Gasteiger partial charge in [0.2, 0.25) is 0 Å². The Balaban J connectivity index is 1.15. The fraction of sp³-hybridized carbons (Fsp3) is 0.517. The van der Waals surface area contributed by atoms with Crippen molar-refractivity contribution >= 4 is 17.6 Å². The summed E-state index contributed by atoms with van der Waals surface area (Å²) in [6, 6.07) is 12.5. The van der Waals surface area contributed by atoms with Crippen molar-refractivity contribution in [2.75, 3.05) is 31.7 Å². The maximum Gasteiger partial charge on any atom is 0.493 e. The molecule has 1 N–H and O–H groups in total. The molecule has 5 rings (SSSR count). The van der Waals surface area contributed by atoms with Crippen molar-refractivity contribution < 1.29 is 32.3 Å². The largest absolute Gasteiger partial charge is 0.493 e. The average molecular weight is 546 g/mol. The molecular formula is C29H34F3N3O4. The number of para-hydroxylation sites is 2. The highest BCUT2D eigenvalue weighted by molar-refractivity contribution is 5.99. The molecule has 3 aliphatic rings. The van der Waals surface area contributed by atoms with E-state index < -0.39 is 12.1 Å². The number of anilines is 1. The number of halogens is 3. The quantitative estimate of drug-likeness (QED) is 0.511. The lowest BCUT2D eigenvalue weighted by Crippen LogP contribution is -2.48. The van der Waals surface area contributed by atoms with Crippen LogP contribution in [0.1, 0.15) is 61.0 Å². The molecule has 210 valence electrons. The molecule has 2 aromatic rings. The van der Waals surface area contributed by atoms with Crippen LogP contribution in [0.3, 0.4) is 0 Å². The van der Waals surface area contributed by atoms with Gasteiger partial charge in [-0.05, 0) is 75.7 Å². The molecule has 3 heterocycles. The van der Waals surface area contributed by atoms with Crippen molar-refractivity contribution in [3.63, 3.8) is 0 Å². The van der Waals surface area contributed by atoms with Crippen molar-refractivity contribution in [1.29, 1.82) is 0 Å². The zero-order valence-electron chi connectivity index (χ0n) is 22.3. The number of fused-ring (bicyclic) bond motifs is 1. The number of hydrogen-bond acceptors (Lipinski definition) is 6. The summed E-state index contributed by atoms with van der Waals surface area (Å²) in [5.74, 6) is -1.63. The molecule has 2 fully saturated rings. The van der Waals surface area contributed by atoms with Crippen LogP contribution >= 0.6 is 0 Å². The summed E-state index contributed by atoms with van der Waals surface area (Å²) in [5, 5.41) is 0. The molecule has 0 bridgehead atoms. The fourth-order valence-corrected chi connectivity index (χ4v) is 6.00. The molecule has 0 saturated carbocycles. The van der Waals surface area contributed by atoms with Crippen LogP contribution in [0.2, 0.25) is 0 Å². The topological polar surface area (TPSA) is 71.1 Å². The van der Waals surface area contributed by atoms with Gasteiger partial charge in [0.1, 0.15) is 11.4 Å². The first-order valence-electron chi connectivity index (χ1n) is 13.4. The van der Waals surface area contributed by atoms with Crippen molar-refractivity contribution in [2.24, 2.45) is 5.41 Å². The number of piperidine rings is 2. The van der Waals surface area contributed by atoms with Crippen LogP contribution < -0.4 is 10.2 Å². The summed E-state index contributed by atoms with van der Waals surface area (Å²) in [6.07, 6.45) is -0.335. The highest BCUT2D eigenvalue weighted by Crippen LogP contribution is 2.43. The van der Waals surface area contributed by atoms with E-state index >= 15 is 0 Å². The summed E-state index contributed by atoms with van der Waals surface area (Å²) in [4.78, 5) is 32.7. The zero-order valence-corrected chi connectivity index (χ0v) is 22.3. The van der Waals surface area contributed by atoms with Crippen molar-refractivity contribution in [1.82, 2.24) is 9.80 Å². The summed E-state index contributed by atoms with van der Waals surface area (Å²) < 4.78 is 43.7. The Morgan fingerprint density at radius 2 is 1.64 bits per heavy atom. The van der Waals surface area contributed by atoms with Crippen LogP contribution in [0, 0.1) is 5.41 Å². The number of carbonyl (C=O) groups excluding carboxylic acids is 2. The first-order chi connectivity index (χ1) is 18.4. The number of likely N-dealkylation sites (tertiary alicyclic amines) is 2. The predicted molar refractivity (Wildman–Crippen MR) is 139 cm³/mol. The molecule has 0 atom stereocenters. The van der Waals surface area contributed by atoms with Crippen LogP contribution in [0.4, 0.5) is 18.9 Å². The Labute approximate surface area is 226 Å². The molecule has 3 aliphatic heterocycles. The van der Waals surface area contributed by atoms with E-state index in [4.69, 9.17) is 4.74 Å². The van der Waals surface area contributed by atoms with Crippen molar-refractivity contribution in [2.45, 2.75) is 64.3 Å².